The number of aliphatic imine (C=N–C) groups is 1. The van der Waals surface area contributed by atoms with E-state index in [0.29, 0.717) is 50.1 Å². The minimum atomic E-state index is -4.38. The number of guanidine groups is 1. The van der Waals surface area contributed by atoms with Gasteiger partial charge in [0.2, 0.25) is 0 Å². The van der Waals surface area contributed by atoms with Gasteiger partial charge in [0, 0.05) is 19.2 Å². The van der Waals surface area contributed by atoms with Crippen LogP contribution in [0.2, 0.25) is 0 Å². The Kier molecular flexibility index (Phi) is 6.79. The number of morpholine rings is 1. The molecule has 0 radical (unpaired) electrons. The Labute approximate surface area is 167 Å². The van der Waals surface area contributed by atoms with Gasteiger partial charge in [-0.3, -0.25) is 0 Å². The van der Waals surface area contributed by atoms with Crippen molar-refractivity contribution in [3.63, 3.8) is 0 Å². The summed E-state index contributed by atoms with van der Waals surface area (Å²) in [7, 11) is 0. The fourth-order valence-corrected chi connectivity index (χ4v) is 3.13. The number of aromatic nitrogens is 1. The molecule has 158 valence electrons. The molecule has 0 saturated carbocycles. The SMILES string of the molecule is CCNC(=NCc1cc(CC)no1)N1CCOC(c2cccc(C(F)(F)F)c2)C1. The van der Waals surface area contributed by atoms with E-state index >= 15 is 0 Å². The zero-order chi connectivity index (χ0) is 20.9. The van der Waals surface area contributed by atoms with Gasteiger partial charge in [0.05, 0.1) is 24.4 Å². The van der Waals surface area contributed by atoms with Crippen LogP contribution in [0.15, 0.2) is 39.8 Å². The van der Waals surface area contributed by atoms with Crippen molar-refractivity contribution in [1.29, 1.82) is 0 Å². The summed E-state index contributed by atoms with van der Waals surface area (Å²) in [5, 5.41) is 7.19. The molecule has 1 unspecified atom stereocenters. The van der Waals surface area contributed by atoms with E-state index in [1.807, 2.05) is 24.8 Å². The monoisotopic (exact) mass is 410 g/mol. The van der Waals surface area contributed by atoms with Gasteiger partial charge in [-0.25, -0.2) is 4.99 Å². The van der Waals surface area contributed by atoms with Crippen molar-refractivity contribution in [2.75, 3.05) is 26.2 Å². The highest BCUT2D eigenvalue weighted by molar-refractivity contribution is 5.80. The molecule has 2 aromatic rings. The molecule has 0 bridgehead atoms. The number of alkyl halides is 3. The standard InChI is InChI=1S/C20H25F3N4O2/c1-3-16-11-17(29-26-16)12-25-19(24-4-2)27-8-9-28-18(13-27)14-6-5-7-15(10-14)20(21,22)23/h5-7,10-11,18H,3-4,8-9,12-13H2,1-2H3,(H,24,25). The Morgan fingerprint density at radius 2 is 2.14 bits per heavy atom. The lowest BCUT2D eigenvalue weighted by Gasteiger charge is -2.35. The molecule has 1 fully saturated rings. The van der Waals surface area contributed by atoms with E-state index in [2.05, 4.69) is 15.5 Å². The molecule has 2 heterocycles. The molecule has 29 heavy (non-hydrogen) atoms. The second-order valence-corrected chi connectivity index (χ2v) is 6.74. The number of rotatable bonds is 5. The zero-order valence-corrected chi connectivity index (χ0v) is 16.5. The fourth-order valence-electron chi connectivity index (χ4n) is 3.13. The first kappa shape index (κ1) is 21.2. The number of ether oxygens (including phenoxy) is 1. The zero-order valence-electron chi connectivity index (χ0n) is 16.5. The van der Waals surface area contributed by atoms with E-state index in [1.165, 1.54) is 6.07 Å². The highest BCUT2D eigenvalue weighted by Gasteiger charge is 2.32. The predicted molar refractivity (Wildman–Crippen MR) is 102 cm³/mol. The second kappa shape index (κ2) is 9.30. The van der Waals surface area contributed by atoms with Crippen molar-refractivity contribution in [3.8, 4) is 0 Å². The van der Waals surface area contributed by atoms with Crippen LogP contribution in [0, 0.1) is 0 Å². The topological polar surface area (TPSA) is 62.9 Å². The van der Waals surface area contributed by atoms with E-state index < -0.39 is 17.8 Å². The third kappa shape index (κ3) is 5.50. The van der Waals surface area contributed by atoms with Gasteiger partial charge in [0.1, 0.15) is 12.6 Å². The maximum atomic E-state index is 13.0. The molecule has 1 atom stereocenters. The highest BCUT2D eigenvalue weighted by Crippen LogP contribution is 2.32. The maximum Gasteiger partial charge on any atom is 0.416 e. The van der Waals surface area contributed by atoms with E-state index in [4.69, 9.17) is 9.26 Å². The smallest absolute Gasteiger partial charge is 0.370 e. The molecule has 1 aromatic carbocycles. The molecule has 0 amide bonds. The number of hydrogen-bond acceptors (Lipinski definition) is 4. The minimum Gasteiger partial charge on any atom is -0.370 e. The fraction of sp³-hybridized carbons (Fsp3) is 0.500. The average Bonchev–Trinajstić information content (AvgIpc) is 3.19. The summed E-state index contributed by atoms with van der Waals surface area (Å²) in [6.45, 7) is 6.36. The maximum absolute atomic E-state index is 13.0. The van der Waals surface area contributed by atoms with Crippen LogP contribution in [0.4, 0.5) is 13.2 Å². The Balaban J connectivity index is 1.74. The number of nitrogens with zero attached hydrogens (tertiary/aromatic N) is 3. The molecule has 6 nitrogen and oxygen atoms in total. The Morgan fingerprint density at radius 3 is 2.83 bits per heavy atom. The Morgan fingerprint density at radius 1 is 1.31 bits per heavy atom. The number of benzene rings is 1. The molecule has 1 N–H and O–H groups in total. The summed E-state index contributed by atoms with van der Waals surface area (Å²) in [6, 6.07) is 7.16. The van der Waals surface area contributed by atoms with Gasteiger partial charge >= 0.3 is 6.18 Å². The normalized spacial score (nSPS) is 18.2. The lowest BCUT2D eigenvalue weighted by Crippen LogP contribution is -2.48. The number of aryl methyl sites for hydroxylation is 1. The van der Waals surface area contributed by atoms with Crippen molar-refractivity contribution in [2.24, 2.45) is 4.99 Å². The highest BCUT2D eigenvalue weighted by atomic mass is 19.4. The van der Waals surface area contributed by atoms with Crippen LogP contribution < -0.4 is 5.32 Å². The van der Waals surface area contributed by atoms with E-state index in [9.17, 15) is 13.2 Å². The largest absolute Gasteiger partial charge is 0.416 e. The molecule has 0 aliphatic carbocycles. The van der Waals surface area contributed by atoms with Crippen molar-refractivity contribution < 1.29 is 22.4 Å². The Bertz CT molecular complexity index is 835. The van der Waals surface area contributed by atoms with Gasteiger partial charge in [0.25, 0.3) is 0 Å². The molecular formula is C20H25F3N4O2. The minimum absolute atomic E-state index is 0.334. The summed E-state index contributed by atoms with van der Waals surface area (Å²) in [6.07, 6.45) is -4.06. The summed E-state index contributed by atoms with van der Waals surface area (Å²) < 4.78 is 50.1. The molecular weight excluding hydrogens is 385 g/mol. The van der Waals surface area contributed by atoms with Gasteiger partial charge in [0.15, 0.2) is 11.7 Å². The van der Waals surface area contributed by atoms with Crippen molar-refractivity contribution in [3.05, 3.63) is 52.9 Å². The van der Waals surface area contributed by atoms with Gasteiger partial charge in [-0.15, -0.1) is 0 Å². The van der Waals surface area contributed by atoms with Crippen molar-refractivity contribution in [2.45, 2.75) is 39.1 Å². The van der Waals surface area contributed by atoms with Crippen LogP contribution in [0.1, 0.15) is 42.5 Å². The quantitative estimate of drug-likeness (QED) is 0.600. The van der Waals surface area contributed by atoms with Crippen LogP contribution in [0.25, 0.3) is 0 Å². The van der Waals surface area contributed by atoms with E-state index in [0.717, 1.165) is 24.2 Å². The first-order valence-corrected chi connectivity index (χ1v) is 9.67. The van der Waals surface area contributed by atoms with Gasteiger partial charge in [-0.1, -0.05) is 24.2 Å². The molecule has 9 heteroatoms. The lowest BCUT2D eigenvalue weighted by molar-refractivity contribution is -0.137. The summed E-state index contributed by atoms with van der Waals surface area (Å²) in [5.74, 6) is 1.34. The van der Waals surface area contributed by atoms with Crippen LogP contribution in [0.3, 0.4) is 0 Å². The summed E-state index contributed by atoms with van der Waals surface area (Å²) in [4.78, 5) is 6.60. The van der Waals surface area contributed by atoms with E-state index in [-0.39, 0.29) is 0 Å². The molecule has 0 spiro atoms. The predicted octanol–water partition coefficient (Wildman–Crippen LogP) is 3.79. The Hall–Kier alpha value is -2.55. The van der Waals surface area contributed by atoms with Gasteiger partial charge in [-0.05, 0) is 31.0 Å². The third-order valence-corrected chi connectivity index (χ3v) is 4.64. The van der Waals surface area contributed by atoms with Crippen LogP contribution in [-0.4, -0.2) is 42.3 Å². The summed E-state index contributed by atoms with van der Waals surface area (Å²) in [5.41, 5.74) is 0.702. The molecule has 3 rings (SSSR count). The van der Waals surface area contributed by atoms with Crippen LogP contribution in [0.5, 0.6) is 0 Å². The molecule has 1 saturated heterocycles. The number of halogens is 3. The first-order chi connectivity index (χ1) is 13.9. The van der Waals surface area contributed by atoms with Crippen molar-refractivity contribution in [1.82, 2.24) is 15.4 Å². The van der Waals surface area contributed by atoms with Crippen LogP contribution >= 0.6 is 0 Å². The average molecular weight is 410 g/mol. The van der Waals surface area contributed by atoms with Gasteiger partial charge < -0.3 is 19.5 Å². The lowest BCUT2D eigenvalue weighted by atomic mass is 10.0. The van der Waals surface area contributed by atoms with Crippen LogP contribution in [-0.2, 0) is 23.9 Å². The van der Waals surface area contributed by atoms with Crippen molar-refractivity contribution >= 4 is 5.96 Å². The van der Waals surface area contributed by atoms with Gasteiger partial charge in [-0.2, -0.15) is 13.2 Å². The van der Waals surface area contributed by atoms with E-state index in [1.54, 1.807) is 6.07 Å². The molecule has 1 aliphatic heterocycles. The molecule has 1 aromatic heterocycles. The molecule has 1 aliphatic rings. The summed E-state index contributed by atoms with van der Waals surface area (Å²) >= 11 is 0. The first-order valence-electron chi connectivity index (χ1n) is 9.67. The number of nitrogens with one attached hydrogen (secondary N) is 1. The number of hydrogen-bond donors (Lipinski definition) is 1. The third-order valence-electron chi connectivity index (χ3n) is 4.64. The second-order valence-electron chi connectivity index (χ2n) is 6.74.